The molecular weight excluding hydrogens is 476 g/mol. The van der Waals surface area contributed by atoms with Gasteiger partial charge in [-0.3, -0.25) is 24.9 Å². The molecule has 0 unspecified atom stereocenters. The summed E-state index contributed by atoms with van der Waals surface area (Å²) in [7, 11) is -3.81. The number of benzene rings is 3. The SMILES string of the molecule is Cc1ccc(S(=O)(=O)Nc2cccc(C(=O)Nc3nc(-c4cccc([N+](=O)[O-])c4)cs3)c2)cc1. The fourth-order valence-corrected chi connectivity index (χ4v) is 4.83. The van der Waals surface area contributed by atoms with E-state index in [2.05, 4.69) is 15.0 Å². The second-order valence-electron chi connectivity index (χ2n) is 7.30. The molecule has 0 atom stereocenters. The lowest BCUT2D eigenvalue weighted by Crippen LogP contribution is -2.15. The monoisotopic (exact) mass is 494 g/mol. The molecule has 9 nitrogen and oxygen atoms in total. The van der Waals surface area contributed by atoms with E-state index in [1.165, 1.54) is 41.7 Å². The molecule has 0 saturated heterocycles. The van der Waals surface area contributed by atoms with Gasteiger partial charge in [-0.15, -0.1) is 11.3 Å². The van der Waals surface area contributed by atoms with E-state index in [1.807, 2.05) is 6.92 Å². The van der Waals surface area contributed by atoms with Gasteiger partial charge in [-0.1, -0.05) is 35.9 Å². The fourth-order valence-electron chi connectivity index (χ4n) is 3.07. The third kappa shape index (κ3) is 5.27. The number of amides is 1. The zero-order valence-electron chi connectivity index (χ0n) is 17.8. The highest BCUT2D eigenvalue weighted by atomic mass is 32.2. The maximum atomic E-state index is 12.7. The number of nitro benzene ring substituents is 1. The molecule has 34 heavy (non-hydrogen) atoms. The van der Waals surface area contributed by atoms with Crippen molar-refractivity contribution in [1.82, 2.24) is 4.98 Å². The number of aryl methyl sites for hydroxylation is 1. The van der Waals surface area contributed by atoms with Crippen LogP contribution in [0.3, 0.4) is 0 Å². The molecule has 1 heterocycles. The van der Waals surface area contributed by atoms with E-state index in [0.717, 1.165) is 5.56 Å². The van der Waals surface area contributed by atoms with Crippen molar-refractivity contribution < 1.29 is 18.1 Å². The Balaban J connectivity index is 1.48. The summed E-state index contributed by atoms with van der Waals surface area (Å²) in [5.41, 5.74) is 2.40. The second kappa shape index (κ2) is 9.41. The standard InChI is InChI=1S/C23H18N4O5S2/c1-15-8-10-20(11-9-15)34(31,32)26-18-6-2-5-17(12-18)22(28)25-23-24-21(14-33-23)16-4-3-7-19(13-16)27(29)30/h2-14,26H,1H3,(H,24,25,28). The van der Waals surface area contributed by atoms with Gasteiger partial charge in [0.15, 0.2) is 5.13 Å². The number of sulfonamides is 1. The Morgan fingerprint density at radius 2 is 1.76 bits per heavy atom. The van der Waals surface area contributed by atoms with E-state index >= 15 is 0 Å². The first-order valence-corrected chi connectivity index (χ1v) is 12.3. The first-order valence-electron chi connectivity index (χ1n) is 9.92. The van der Waals surface area contributed by atoms with Crippen LogP contribution < -0.4 is 10.0 Å². The minimum absolute atomic E-state index is 0.0546. The maximum Gasteiger partial charge on any atom is 0.270 e. The van der Waals surface area contributed by atoms with E-state index in [1.54, 1.807) is 47.8 Å². The van der Waals surface area contributed by atoms with Crippen molar-refractivity contribution in [3.05, 3.63) is 99.4 Å². The van der Waals surface area contributed by atoms with Gasteiger partial charge in [0, 0.05) is 34.3 Å². The number of hydrogen-bond donors (Lipinski definition) is 2. The molecule has 1 amide bonds. The molecule has 4 rings (SSSR count). The van der Waals surface area contributed by atoms with Crippen molar-refractivity contribution >= 4 is 43.8 Å². The van der Waals surface area contributed by atoms with Crippen LogP contribution >= 0.6 is 11.3 Å². The highest BCUT2D eigenvalue weighted by molar-refractivity contribution is 7.92. The molecule has 172 valence electrons. The number of carbonyl (C=O) groups excluding carboxylic acids is 1. The minimum Gasteiger partial charge on any atom is -0.298 e. The van der Waals surface area contributed by atoms with Crippen LogP contribution in [-0.2, 0) is 10.0 Å². The zero-order valence-corrected chi connectivity index (χ0v) is 19.4. The van der Waals surface area contributed by atoms with Crippen LogP contribution in [-0.4, -0.2) is 24.2 Å². The Kier molecular flexibility index (Phi) is 6.39. The molecule has 0 fully saturated rings. The van der Waals surface area contributed by atoms with Crippen molar-refractivity contribution in [2.45, 2.75) is 11.8 Å². The van der Waals surface area contributed by atoms with Gasteiger partial charge in [-0.25, -0.2) is 13.4 Å². The summed E-state index contributed by atoms with van der Waals surface area (Å²) in [6.07, 6.45) is 0. The Morgan fingerprint density at radius 3 is 2.50 bits per heavy atom. The maximum absolute atomic E-state index is 12.7. The molecule has 0 bridgehead atoms. The van der Waals surface area contributed by atoms with Gasteiger partial charge in [0.25, 0.3) is 21.6 Å². The number of nitrogens with zero attached hydrogens (tertiary/aromatic N) is 2. The molecule has 0 aliphatic heterocycles. The quantitative estimate of drug-likeness (QED) is 0.272. The number of rotatable bonds is 7. The molecule has 0 saturated carbocycles. The number of thiazole rings is 1. The van der Waals surface area contributed by atoms with Crippen LogP contribution in [0.5, 0.6) is 0 Å². The zero-order chi connectivity index (χ0) is 24.3. The van der Waals surface area contributed by atoms with Crippen molar-refractivity contribution in [2.24, 2.45) is 0 Å². The molecule has 0 radical (unpaired) electrons. The predicted octanol–water partition coefficient (Wildman–Crippen LogP) is 5.08. The van der Waals surface area contributed by atoms with Crippen molar-refractivity contribution in [3.63, 3.8) is 0 Å². The number of non-ortho nitro benzene ring substituents is 1. The van der Waals surface area contributed by atoms with Crippen molar-refractivity contribution in [3.8, 4) is 11.3 Å². The Morgan fingerprint density at radius 1 is 1.03 bits per heavy atom. The highest BCUT2D eigenvalue weighted by Gasteiger charge is 2.16. The molecular formula is C23H18N4O5S2. The van der Waals surface area contributed by atoms with E-state index in [4.69, 9.17) is 0 Å². The third-order valence-electron chi connectivity index (χ3n) is 4.79. The Labute approximate surface area is 199 Å². The van der Waals surface area contributed by atoms with Crippen molar-refractivity contribution in [1.29, 1.82) is 0 Å². The van der Waals surface area contributed by atoms with Gasteiger partial charge in [0.2, 0.25) is 0 Å². The van der Waals surface area contributed by atoms with Gasteiger partial charge in [0.1, 0.15) is 0 Å². The fraction of sp³-hybridized carbons (Fsp3) is 0.0435. The summed E-state index contributed by atoms with van der Waals surface area (Å²) >= 11 is 1.17. The van der Waals surface area contributed by atoms with E-state index in [-0.39, 0.29) is 21.8 Å². The Hall–Kier alpha value is -4.09. The van der Waals surface area contributed by atoms with Gasteiger partial charge in [-0.05, 0) is 37.3 Å². The topological polar surface area (TPSA) is 131 Å². The summed E-state index contributed by atoms with van der Waals surface area (Å²) in [6.45, 7) is 1.86. The number of hydrogen-bond acceptors (Lipinski definition) is 7. The normalized spacial score (nSPS) is 11.1. The minimum atomic E-state index is -3.81. The molecule has 3 aromatic carbocycles. The number of nitro groups is 1. The molecule has 0 aliphatic rings. The first-order chi connectivity index (χ1) is 16.2. The summed E-state index contributed by atoms with van der Waals surface area (Å²) in [6, 6.07) is 18.6. The first kappa shape index (κ1) is 23.1. The summed E-state index contributed by atoms with van der Waals surface area (Å²) in [5, 5.41) is 15.6. The van der Waals surface area contributed by atoms with Crippen molar-refractivity contribution in [2.75, 3.05) is 10.0 Å². The molecule has 11 heteroatoms. The smallest absolute Gasteiger partial charge is 0.270 e. The highest BCUT2D eigenvalue weighted by Crippen LogP contribution is 2.28. The number of aromatic nitrogens is 1. The molecule has 4 aromatic rings. The van der Waals surface area contributed by atoms with Crippen LogP contribution in [0.15, 0.2) is 83.1 Å². The van der Waals surface area contributed by atoms with Crippen LogP contribution in [0.4, 0.5) is 16.5 Å². The molecule has 0 aliphatic carbocycles. The lowest BCUT2D eigenvalue weighted by atomic mass is 10.1. The van der Waals surface area contributed by atoms with E-state index in [9.17, 15) is 23.3 Å². The molecule has 1 aromatic heterocycles. The largest absolute Gasteiger partial charge is 0.298 e. The second-order valence-corrected chi connectivity index (χ2v) is 9.84. The van der Waals surface area contributed by atoms with Crippen LogP contribution in [0, 0.1) is 17.0 Å². The number of carbonyl (C=O) groups is 1. The average molecular weight is 495 g/mol. The number of anilines is 2. The third-order valence-corrected chi connectivity index (χ3v) is 6.94. The van der Waals surface area contributed by atoms with Gasteiger partial charge in [0.05, 0.1) is 15.5 Å². The summed E-state index contributed by atoms with van der Waals surface area (Å²) in [5.74, 6) is -0.476. The van der Waals surface area contributed by atoms with Crippen LogP contribution in [0.1, 0.15) is 15.9 Å². The van der Waals surface area contributed by atoms with E-state index < -0.39 is 20.9 Å². The summed E-state index contributed by atoms with van der Waals surface area (Å²) < 4.78 is 27.7. The van der Waals surface area contributed by atoms with Gasteiger partial charge >= 0.3 is 0 Å². The summed E-state index contributed by atoms with van der Waals surface area (Å²) in [4.78, 5) is 27.7. The van der Waals surface area contributed by atoms with Gasteiger partial charge < -0.3 is 0 Å². The number of nitrogens with one attached hydrogen (secondary N) is 2. The lowest BCUT2D eigenvalue weighted by Gasteiger charge is -2.10. The Bertz CT molecular complexity index is 1480. The van der Waals surface area contributed by atoms with Crippen LogP contribution in [0.2, 0.25) is 0 Å². The molecule has 2 N–H and O–H groups in total. The van der Waals surface area contributed by atoms with E-state index in [0.29, 0.717) is 16.4 Å². The molecule has 0 spiro atoms. The average Bonchev–Trinajstić information content (AvgIpc) is 3.28. The lowest BCUT2D eigenvalue weighted by molar-refractivity contribution is -0.384. The van der Waals surface area contributed by atoms with Crippen LogP contribution in [0.25, 0.3) is 11.3 Å². The predicted molar refractivity (Wildman–Crippen MR) is 131 cm³/mol. The van der Waals surface area contributed by atoms with Gasteiger partial charge in [-0.2, -0.15) is 0 Å².